The first-order valence-corrected chi connectivity index (χ1v) is 10.1. The lowest BCUT2D eigenvalue weighted by Crippen LogP contribution is -2.33. The zero-order chi connectivity index (χ0) is 17.8. The number of hydrogen-bond donors (Lipinski definition) is 0. The molecule has 0 aliphatic carbocycles. The van der Waals surface area contributed by atoms with Crippen LogP contribution in [0.2, 0.25) is 0 Å². The van der Waals surface area contributed by atoms with Gasteiger partial charge in [0.15, 0.2) is 0 Å². The van der Waals surface area contributed by atoms with Crippen molar-refractivity contribution in [1.29, 1.82) is 0 Å². The molecule has 0 saturated carbocycles. The van der Waals surface area contributed by atoms with E-state index in [-0.39, 0.29) is 0 Å². The summed E-state index contributed by atoms with van der Waals surface area (Å²) in [6, 6.07) is 4.20. The zero-order valence-corrected chi connectivity index (χ0v) is 15.8. The van der Waals surface area contributed by atoms with Crippen molar-refractivity contribution in [2.24, 2.45) is 7.05 Å². The Labute approximate surface area is 156 Å². The lowest BCUT2D eigenvalue weighted by molar-refractivity contribution is 0.266. The molecule has 2 saturated heterocycles. The molecule has 0 spiro atoms. The molecule has 2 aliphatic heterocycles. The van der Waals surface area contributed by atoms with Crippen molar-refractivity contribution in [3.8, 4) is 0 Å². The summed E-state index contributed by atoms with van der Waals surface area (Å²) in [5, 5.41) is 9.13. The molecule has 0 N–H and O–H groups in total. The molecule has 140 valence electrons. The molecule has 2 aromatic heterocycles. The second-order valence-electron chi connectivity index (χ2n) is 7.69. The standard InChI is InChI=1S/C20H30N6/c1-24-19(16-25-12-4-2-3-5-13-25)22-23-20(24)17-8-14-26(15-9-17)18-6-10-21-11-7-18/h6-7,10-11,17H,2-5,8-9,12-16H2,1H3. The Kier molecular flexibility index (Phi) is 5.48. The second-order valence-corrected chi connectivity index (χ2v) is 7.69. The Hall–Kier alpha value is -1.95. The molecule has 2 fully saturated rings. The van der Waals surface area contributed by atoms with Gasteiger partial charge in [-0.3, -0.25) is 9.88 Å². The zero-order valence-electron chi connectivity index (χ0n) is 15.8. The van der Waals surface area contributed by atoms with E-state index in [4.69, 9.17) is 0 Å². The predicted molar refractivity (Wildman–Crippen MR) is 103 cm³/mol. The molecule has 26 heavy (non-hydrogen) atoms. The number of nitrogens with zero attached hydrogens (tertiary/aromatic N) is 6. The lowest BCUT2D eigenvalue weighted by Gasteiger charge is -2.33. The highest BCUT2D eigenvalue weighted by Crippen LogP contribution is 2.29. The first-order chi connectivity index (χ1) is 12.8. The van der Waals surface area contributed by atoms with E-state index in [1.54, 1.807) is 0 Å². The number of pyridine rings is 1. The third-order valence-electron chi connectivity index (χ3n) is 5.95. The maximum atomic E-state index is 4.58. The van der Waals surface area contributed by atoms with Crippen LogP contribution in [-0.2, 0) is 13.6 Å². The molecule has 4 heterocycles. The molecular formula is C20H30N6. The fourth-order valence-electron chi connectivity index (χ4n) is 4.31. The van der Waals surface area contributed by atoms with Gasteiger partial charge in [0.2, 0.25) is 0 Å². The highest BCUT2D eigenvalue weighted by Gasteiger charge is 2.25. The fraction of sp³-hybridized carbons (Fsp3) is 0.650. The monoisotopic (exact) mass is 354 g/mol. The van der Waals surface area contributed by atoms with Crippen LogP contribution in [0, 0.1) is 0 Å². The first kappa shape index (κ1) is 17.5. The van der Waals surface area contributed by atoms with E-state index in [1.807, 2.05) is 12.4 Å². The Balaban J connectivity index is 1.37. The van der Waals surface area contributed by atoms with Crippen LogP contribution >= 0.6 is 0 Å². The van der Waals surface area contributed by atoms with Gasteiger partial charge in [0.25, 0.3) is 0 Å². The molecule has 2 aromatic rings. The van der Waals surface area contributed by atoms with Crippen molar-refractivity contribution >= 4 is 5.69 Å². The number of aromatic nitrogens is 4. The van der Waals surface area contributed by atoms with Crippen LogP contribution in [0.25, 0.3) is 0 Å². The number of likely N-dealkylation sites (tertiary alicyclic amines) is 1. The van der Waals surface area contributed by atoms with Crippen LogP contribution < -0.4 is 4.90 Å². The van der Waals surface area contributed by atoms with Crippen LogP contribution in [0.1, 0.15) is 56.1 Å². The summed E-state index contributed by atoms with van der Waals surface area (Å²) >= 11 is 0. The fourth-order valence-corrected chi connectivity index (χ4v) is 4.31. The maximum Gasteiger partial charge on any atom is 0.146 e. The molecule has 0 amide bonds. The van der Waals surface area contributed by atoms with E-state index in [9.17, 15) is 0 Å². The van der Waals surface area contributed by atoms with Crippen molar-refractivity contribution in [2.75, 3.05) is 31.1 Å². The molecule has 0 unspecified atom stereocenters. The average Bonchev–Trinajstić information content (AvgIpc) is 2.88. The van der Waals surface area contributed by atoms with Gasteiger partial charge in [0, 0.05) is 44.1 Å². The smallest absolute Gasteiger partial charge is 0.146 e. The molecule has 4 rings (SSSR count). The van der Waals surface area contributed by atoms with E-state index in [2.05, 4.69) is 48.7 Å². The van der Waals surface area contributed by atoms with Gasteiger partial charge in [0.05, 0.1) is 6.54 Å². The van der Waals surface area contributed by atoms with Crippen LogP contribution in [0.4, 0.5) is 5.69 Å². The Bertz CT molecular complexity index is 682. The van der Waals surface area contributed by atoms with Crippen LogP contribution in [0.15, 0.2) is 24.5 Å². The average molecular weight is 355 g/mol. The number of piperidine rings is 1. The molecule has 2 aliphatic rings. The summed E-state index contributed by atoms with van der Waals surface area (Å²) in [6.07, 6.45) is 11.4. The summed E-state index contributed by atoms with van der Waals surface area (Å²) in [4.78, 5) is 9.12. The summed E-state index contributed by atoms with van der Waals surface area (Å²) < 4.78 is 2.26. The van der Waals surface area contributed by atoms with Crippen LogP contribution in [0.3, 0.4) is 0 Å². The van der Waals surface area contributed by atoms with Crippen LogP contribution in [0.5, 0.6) is 0 Å². The molecule has 0 atom stereocenters. The van der Waals surface area contributed by atoms with Gasteiger partial charge < -0.3 is 9.47 Å². The van der Waals surface area contributed by atoms with Gasteiger partial charge in [-0.1, -0.05) is 12.8 Å². The summed E-state index contributed by atoms with van der Waals surface area (Å²) in [5.74, 6) is 2.81. The molecule has 0 radical (unpaired) electrons. The van der Waals surface area contributed by atoms with Crippen molar-refractivity contribution in [3.05, 3.63) is 36.2 Å². The Morgan fingerprint density at radius 2 is 1.62 bits per heavy atom. The van der Waals surface area contributed by atoms with Crippen molar-refractivity contribution in [2.45, 2.75) is 51.0 Å². The largest absolute Gasteiger partial charge is 0.371 e. The third kappa shape index (κ3) is 3.90. The molecule has 0 aromatic carbocycles. The minimum Gasteiger partial charge on any atom is -0.371 e. The van der Waals surface area contributed by atoms with Gasteiger partial charge in [-0.25, -0.2) is 0 Å². The third-order valence-corrected chi connectivity index (χ3v) is 5.95. The van der Waals surface area contributed by atoms with Gasteiger partial charge in [0.1, 0.15) is 11.6 Å². The van der Waals surface area contributed by atoms with Gasteiger partial charge in [-0.2, -0.15) is 0 Å². The minimum atomic E-state index is 0.517. The number of hydrogen-bond acceptors (Lipinski definition) is 5. The van der Waals surface area contributed by atoms with E-state index in [0.717, 1.165) is 38.3 Å². The van der Waals surface area contributed by atoms with Crippen molar-refractivity contribution in [3.63, 3.8) is 0 Å². The predicted octanol–water partition coefficient (Wildman–Crippen LogP) is 2.97. The summed E-state index contributed by atoms with van der Waals surface area (Å²) in [7, 11) is 2.15. The number of rotatable bonds is 4. The van der Waals surface area contributed by atoms with Gasteiger partial charge in [-0.05, 0) is 50.9 Å². The van der Waals surface area contributed by atoms with E-state index >= 15 is 0 Å². The first-order valence-electron chi connectivity index (χ1n) is 10.1. The van der Waals surface area contributed by atoms with Crippen molar-refractivity contribution in [1.82, 2.24) is 24.6 Å². The molecule has 6 nitrogen and oxygen atoms in total. The van der Waals surface area contributed by atoms with Gasteiger partial charge in [-0.15, -0.1) is 10.2 Å². The topological polar surface area (TPSA) is 50.1 Å². The summed E-state index contributed by atoms with van der Waals surface area (Å²) in [5.41, 5.74) is 1.28. The molecular weight excluding hydrogens is 324 g/mol. The minimum absolute atomic E-state index is 0.517. The second kappa shape index (κ2) is 8.16. The van der Waals surface area contributed by atoms with Crippen molar-refractivity contribution < 1.29 is 0 Å². The quantitative estimate of drug-likeness (QED) is 0.845. The van der Waals surface area contributed by atoms with E-state index < -0.39 is 0 Å². The van der Waals surface area contributed by atoms with Gasteiger partial charge >= 0.3 is 0 Å². The summed E-state index contributed by atoms with van der Waals surface area (Å²) in [6.45, 7) is 5.49. The van der Waals surface area contributed by atoms with E-state index in [0.29, 0.717) is 5.92 Å². The Morgan fingerprint density at radius 1 is 0.923 bits per heavy atom. The Morgan fingerprint density at radius 3 is 2.31 bits per heavy atom. The molecule has 0 bridgehead atoms. The SMILES string of the molecule is Cn1c(CN2CCCCCC2)nnc1C1CCN(c2ccncc2)CC1. The van der Waals surface area contributed by atoms with Crippen LogP contribution in [-0.4, -0.2) is 50.8 Å². The number of anilines is 1. The van der Waals surface area contributed by atoms with E-state index in [1.165, 1.54) is 50.3 Å². The maximum absolute atomic E-state index is 4.58. The highest BCUT2D eigenvalue weighted by molar-refractivity contribution is 5.45. The lowest BCUT2D eigenvalue weighted by atomic mass is 9.95. The molecule has 6 heteroatoms. The normalized spacial score (nSPS) is 20.3. The highest BCUT2D eigenvalue weighted by atomic mass is 15.3.